The molecule has 1 heterocycles. The summed E-state index contributed by atoms with van der Waals surface area (Å²) < 4.78 is 15.9. The lowest BCUT2D eigenvalue weighted by Crippen LogP contribution is -2.28. The minimum Gasteiger partial charge on any atom is -0.507 e. The molecule has 0 bridgehead atoms. The predicted molar refractivity (Wildman–Crippen MR) is 133 cm³/mol. The minimum atomic E-state index is -0.706. The van der Waals surface area contributed by atoms with E-state index >= 15 is 0 Å². The first-order chi connectivity index (χ1) is 17.0. The number of rotatable bonds is 9. The van der Waals surface area contributed by atoms with Crippen LogP contribution in [0.15, 0.2) is 82.0 Å². The number of aromatic hydroxyl groups is 1. The van der Waals surface area contributed by atoms with Crippen molar-refractivity contribution >= 4 is 16.9 Å². The van der Waals surface area contributed by atoms with Crippen molar-refractivity contribution in [2.75, 3.05) is 20.8 Å². The number of amides is 1. The van der Waals surface area contributed by atoms with Crippen LogP contribution in [0.4, 0.5) is 0 Å². The first-order valence-electron chi connectivity index (χ1n) is 11.3. The Hall–Kier alpha value is -4.26. The fraction of sp³-hybridized carbons (Fsp3) is 0.214. The van der Waals surface area contributed by atoms with Crippen molar-refractivity contribution in [1.29, 1.82) is 0 Å². The van der Waals surface area contributed by atoms with Crippen LogP contribution in [0.25, 0.3) is 11.0 Å². The van der Waals surface area contributed by atoms with Gasteiger partial charge in [-0.1, -0.05) is 36.4 Å². The lowest BCUT2D eigenvalue weighted by atomic mass is 9.88. The van der Waals surface area contributed by atoms with Crippen LogP contribution in [-0.4, -0.2) is 31.8 Å². The van der Waals surface area contributed by atoms with Crippen LogP contribution in [0.2, 0.25) is 0 Å². The Bertz CT molecular complexity index is 1360. The van der Waals surface area contributed by atoms with Gasteiger partial charge in [0.1, 0.15) is 22.8 Å². The highest BCUT2D eigenvalue weighted by Crippen LogP contribution is 2.36. The zero-order chi connectivity index (χ0) is 24.8. The maximum absolute atomic E-state index is 12.9. The molecule has 1 amide bonds. The molecule has 0 unspecified atom stereocenters. The number of hydrogen-bond acceptors (Lipinski definition) is 6. The van der Waals surface area contributed by atoms with Crippen molar-refractivity contribution in [3.8, 4) is 17.2 Å². The zero-order valence-corrected chi connectivity index (χ0v) is 19.6. The molecule has 3 aromatic carbocycles. The molecule has 0 aliphatic rings. The van der Waals surface area contributed by atoms with Crippen LogP contribution in [0, 0.1) is 0 Å². The summed E-state index contributed by atoms with van der Waals surface area (Å²) in [5.74, 6) is 0.290. The average Bonchev–Trinajstić information content (AvgIpc) is 2.88. The normalized spacial score (nSPS) is 11.7. The van der Waals surface area contributed by atoms with E-state index in [1.807, 2.05) is 24.3 Å². The van der Waals surface area contributed by atoms with Gasteiger partial charge in [-0.05, 0) is 53.9 Å². The van der Waals surface area contributed by atoms with Crippen LogP contribution in [-0.2, 0) is 11.2 Å². The van der Waals surface area contributed by atoms with E-state index in [0.717, 1.165) is 11.3 Å². The molecule has 35 heavy (non-hydrogen) atoms. The molecule has 0 aliphatic carbocycles. The first kappa shape index (κ1) is 23.9. The van der Waals surface area contributed by atoms with Gasteiger partial charge in [0.2, 0.25) is 5.91 Å². The second-order valence-electron chi connectivity index (χ2n) is 8.13. The van der Waals surface area contributed by atoms with Crippen molar-refractivity contribution in [3.63, 3.8) is 0 Å². The van der Waals surface area contributed by atoms with E-state index < -0.39 is 11.5 Å². The monoisotopic (exact) mass is 473 g/mol. The van der Waals surface area contributed by atoms with Gasteiger partial charge in [-0.25, -0.2) is 4.79 Å². The Kier molecular flexibility index (Phi) is 7.35. The second-order valence-corrected chi connectivity index (χ2v) is 8.13. The minimum absolute atomic E-state index is 0.0361. The number of carbonyl (C=O) groups excluding carboxylic acids is 1. The molecular formula is C28H27NO6. The molecule has 0 fully saturated rings. The molecule has 7 nitrogen and oxygen atoms in total. The fourth-order valence-electron chi connectivity index (χ4n) is 4.07. The lowest BCUT2D eigenvalue weighted by Gasteiger charge is -2.19. The van der Waals surface area contributed by atoms with E-state index in [-0.39, 0.29) is 29.2 Å². The molecule has 0 aliphatic heterocycles. The van der Waals surface area contributed by atoms with Crippen molar-refractivity contribution in [3.05, 3.63) is 99.9 Å². The van der Waals surface area contributed by atoms with Gasteiger partial charge < -0.3 is 24.3 Å². The van der Waals surface area contributed by atoms with Crippen molar-refractivity contribution in [2.45, 2.75) is 18.8 Å². The highest BCUT2D eigenvalue weighted by Gasteiger charge is 2.27. The summed E-state index contributed by atoms with van der Waals surface area (Å²) in [6.45, 7) is 0.429. The molecule has 2 N–H and O–H groups in total. The third kappa shape index (κ3) is 5.46. The quantitative estimate of drug-likeness (QED) is 0.350. The molecule has 0 saturated carbocycles. The number of para-hydroxylation sites is 1. The van der Waals surface area contributed by atoms with Gasteiger partial charge in [0.05, 0.1) is 25.2 Å². The van der Waals surface area contributed by atoms with Crippen LogP contribution in [0.1, 0.15) is 29.0 Å². The number of ether oxygens (including phenoxy) is 2. The summed E-state index contributed by atoms with van der Waals surface area (Å²) in [5.41, 5.74) is 1.42. The smallest absolute Gasteiger partial charge is 0.343 e. The number of nitrogens with one attached hydrogen (secondary N) is 1. The van der Waals surface area contributed by atoms with E-state index in [1.54, 1.807) is 62.8 Å². The summed E-state index contributed by atoms with van der Waals surface area (Å²) in [6.07, 6.45) is 0.609. The van der Waals surface area contributed by atoms with Gasteiger partial charge >= 0.3 is 5.63 Å². The number of methoxy groups -OCH3 is 2. The summed E-state index contributed by atoms with van der Waals surface area (Å²) in [6, 6.07) is 21.5. The summed E-state index contributed by atoms with van der Waals surface area (Å²) in [5, 5.41) is 14.4. The van der Waals surface area contributed by atoms with Crippen LogP contribution in [0.3, 0.4) is 0 Å². The SMILES string of the molecule is COc1ccc(CCNC(=O)C[C@H](c2ccc(OC)cc2)c2c(O)c3ccccc3oc2=O)cc1. The molecule has 1 aromatic heterocycles. The van der Waals surface area contributed by atoms with Crippen LogP contribution >= 0.6 is 0 Å². The predicted octanol–water partition coefficient (Wildman–Crippen LogP) is 4.40. The van der Waals surface area contributed by atoms with Gasteiger partial charge in [-0.3, -0.25) is 4.79 Å². The summed E-state index contributed by atoms with van der Waals surface area (Å²) >= 11 is 0. The van der Waals surface area contributed by atoms with Gasteiger partial charge in [0.25, 0.3) is 0 Å². The Morgan fingerprint density at radius 1 is 0.943 bits per heavy atom. The van der Waals surface area contributed by atoms with E-state index in [2.05, 4.69) is 5.32 Å². The number of fused-ring (bicyclic) bond motifs is 1. The third-order valence-electron chi connectivity index (χ3n) is 5.97. The third-order valence-corrected chi connectivity index (χ3v) is 5.97. The Balaban J connectivity index is 1.58. The molecular weight excluding hydrogens is 446 g/mol. The Labute approximate surface area is 202 Å². The highest BCUT2D eigenvalue weighted by molar-refractivity contribution is 5.85. The highest BCUT2D eigenvalue weighted by atomic mass is 16.5. The van der Waals surface area contributed by atoms with E-state index in [4.69, 9.17) is 13.9 Å². The molecule has 0 saturated heterocycles. The maximum Gasteiger partial charge on any atom is 0.343 e. The van der Waals surface area contributed by atoms with Gasteiger partial charge in [0.15, 0.2) is 0 Å². The standard InChI is InChI=1S/C28H27NO6/c1-33-20-11-7-18(8-12-20)15-16-29-25(30)17-23(19-9-13-21(34-2)14-10-19)26-27(31)22-5-3-4-6-24(22)35-28(26)32/h3-14,23,31H,15-17H2,1-2H3,(H,29,30)/t23-/m1/s1. The topological polar surface area (TPSA) is 98.0 Å². The molecule has 0 radical (unpaired) electrons. The van der Waals surface area contributed by atoms with Crippen LogP contribution < -0.4 is 20.4 Å². The van der Waals surface area contributed by atoms with Crippen molar-refractivity contribution < 1.29 is 23.8 Å². The molecule has 0 spiro atoms. The Morgan fingerprint density at radius 2 is 1.57 bits per heavy atom. The largest absolute Gasteiger partial charge is 0.507 e. The lowest BCUT2D eigenvalue weighted by molar-refractivity contribution is -0.121. The summed E-state index contributed by atoms with van der Waals surface area (Å²) in [7, 11) is 3.18. The van der Waals surface area contributed by atoms with Gasteiger partial charge in [0, 0.05) is 18.9 Å². The van der Waals surface area contributed by atoms with E-state index in [0.29, 0.717) is 29.7 Å². The molecule has 180 valence electrons. The number of hydrogen-bond donors (Lipinski definition) is 2. The van der Waals surface area contributed by atoms with E-state index in [9.17, 15) is 14.7 Å². The second kappa shape index (κ2) is 10.8. The molecule has 7 heteroatoms. The molecule has 1 atom stereocenters. The van der Waals surface area contributed by atoms with Gasteiger partial charge in [-0.2, -0.15) is 0 Å². The summed E-state index contributed by atoms with van der Waals surface area (Å²) in [4.78, 5) is 25.9. The molecule has 4 rings (SSSR count). The number of carbonyl (C=O) groups is 1. The average molecular weight is 474 g/mol. The van der Waals surface area contributed by atoms with Gasteiger partial charge in [-0.15, -0.1) is 0 Å². The fourth-order valence-corrected chi connectivity index (χ4v) is 4.07. The zero-order valence-electron chi connectivity index (χ0n) is 19.6. The first-order valence-corrected chi connectivity index (χ1v) is 11.3. The number of benzene rings is 3. The van der Waals surface area contributed by atoms with Crippen molar-refractivity contribution in [2.24, 2.45) is 0 Å². The molecule has 4 aromatic rings. The van der Waals surface area contributed by atoms with Crippen molar-refractivity contribution in [1.82, 2.24) is 5.32 Å². The maximum atomic E-state index is 12.9. The Morgan fingerprint density at radius 3 is 2.23 bits per heavy atom. The van der Waals surface area contributed by atoms with E-state index in [1.165, 1.54) is 0 Å². The van der Waals surface area contributed by atoms with Crippen LogP contribution in [0.5, 0.6) is 17.2 Å².